The molecule has 0 aliphatic carbocycles. The highest BCUT2D eigenvalue weighted by atomic mass is 16.3. The summed E-state index contributed by atoms with van der Waals surface area (Å²) in [4.78, 5) is 46.6. The van der Waals surface area contributed by atoms with Crippen LogP contribution in [0.25, 0.3) is 0 Å². The lowest BCUT2D eigenvalue weighted by Gasteiger charge is -2.22. The van der Waals surface area contributed by atoms with Crippen molar-refractivity contribution < 1.29 is 24.3 Å². The van der Waals surface area contributed by atoms with Gasteiger partial charge in [0, 0.05) is 24.3 Å². The summed E-state index contributed by atoms with van der Waals surface area (Å²) in [5.41, 5.74) is 0. The molecule has 0 fully saturated rings. The molecular formula is C11H10N2O5. The van der Waals surface area contributed by atoms with Gasteiger partial charge in [-0.1, -0.05) is 0 Å². The third kappa shape index (κ3) is 2.21. The van der Waals surface area contributed by atoms with Crippen LogP contribution in [0, 0.1) is 0 Å². The van der Waals surface area contributed by atoms with Gasteiger partial charge in [0.2, 0.25) is 0 Å². The smallest absolute Gasteiger partial charge is 0.253 e. The highest BCUT2D eigenvalue weighted by Crippen LogP contribution is 2.08. The molecule has 2 aliphatic heterocycles. The molecule has 94 valence electrons. The number of nitrogens with zero attached hydrogens (tertiary/aromatic N) is 2. The first-order valence-electron chi connectivity index (χ1n) is 5.24. The van der Waals surface area contributed by atoms with E-state index < -0.39 is 29.7 Å². The van der Waals surface area contributed by atoms with Crippen molar-refractivity contribution in [3.05, 3.63) is 24.3 Å². The van der Waals surface area contributed by atoms with Crippen molar-refractivity contribution in [1.29, 1.82) is 0 Å². The van der Waals surface area contributed by atoms with Gasteiger partial charge in [0.05, 0.1) is 19.2 Å². The second-order valence-electron chi connectivity index (χ2n) is 3.89. The van der Waals surface area contributed by atoms with Crippen LogP contribution in [0.5, 0.6) is 0 Å². The largest absolute Gasteiger partial charge is 0.389 e. The lowest BCUT2D eigenvalue weighted by atomic mass is 10.3. The molecule has 0 aromatic rings. The summed E-state index contributed by atoms with van der Waals surface area (Å²) in [5, 5.41) is 9.69. The Kier molecular flexibility index (Phi) is 3.07. The third-order valence-electron chi connectivity index (χ3n) is 2.59. The number of carbonyl (C=O) groups excluding carboxylic acids is 4. The fraction of sp³-hybridized carbons (Fsp3) is 0.273. The van der Waals surface area contributed by atoms with Crippen LogP contribution in [-0.4, -0.2) is 57.7 Å². The van der Waals surface area contributed by atoms with E-state index in [0.717, 1.165) is 34.1 Å². The Labute approximate surface area is 102 Å². The lowest BCUT2D eigenvalue weighted by Crippen LogP contribution is -2.44. The Hall–Kier alpha value is -2.28. The minimum absolute atomic E-state index is 0.248. The van der Waals surface area contributed by atoms with Crippen LogP contribution in [0.2, 0.25) is 0 Å². The van der Waals surface area contributed by atoms with Gasteiger partial charge in [-0.15, -0.1) is 0 Å². The van der Waals surface area contributed by atoms with Gasteiger partial charge in [0.15, 0.2) is 0 Å². The van der Waals surface area contributed by atoms with E-state index in [1.807, 2.05) is 0 Å². The van der Waals surface area contributed by atoms with Crippen molar-refractivity contribution in [2.75, 3.05) is 13.1 Å². The van der Waals surface area contributed by atoms with Crippen LogP contribution in [0.1, 0.15) is 0 Å². The first kappa shape index (κ1) is 12.2. The standard InChI is InChI=1S/C11H10N2O5/c14-7(5-12-8(15)1-2-9(12)16)6-13-10(17)3-4-11(13)18/h1-4,7,14H,5-6H2. The number of carbonyl (C=O) groups is 4. The summed E-state index contributed by atoms with van der Waals surface area (Å²) in [7, 11) is 0. The first-order valence-corrected chi connectivity index (χ1v) is 5.24. The van der Waals surface area contributed by atoms with Crippen LogP contribution in [0.15, 0.2) is 24.3 Å². The molecule has 0 saturated carbocycles. The van der Waals surface area contributed by atoms with Crippen molar-refractivity contribution in [3.63, 3.8) is 0 Å². The molecule has 2 rings (SSSR count). The van der Waals surface area contributed by atoms with Crippen molar-refractivity contribution in [2.24, 2.45) is 0 Å². The highest BCUT2D eigenvalue weighted by Gasteiger charge is 2.30. The summed E-state index contributed by atoms with van der Waals surface area (Å²) >= 11 is 0. The monoisotopic (exact) mass is 250 g/mol. The number of β-amino-alcohol motifs (C(OH)–C–C–N with tert-alkyl or cyclic N) is 1. The van der Waals surface area contributed by atoms with E-state index in [9.17, 15) is 24.3 Å². The molecule has 0 bridgehead atoms. The zero-order valence-electron chi connectivity index (χ0n) is 9.28. The Morgan fingerprint density at radius 3 is 1.33 bits per heavy atom. The Morgan fingerprint density at radius 1 is 0.778 bits per heavy atom. The Morgan fingerprint density at radius 2 is 1.06 bits per heavy atom. The Balaban J connectivity index is 1.92. The second kappa shape index (κ2) is 4.53. The number of amides is 4. The van der Waals surface area contributed by atoms with Crippen LogP contribution >= 0.6 is 0 Å². The van der Waals surface area contributed by atoms with E-state index in [-0.39, 0.29) is 13.1 Å². The molecule has 1 N–H and O–H groups in total. The molecule has 2 heterocycles. The van der Waals surface area contributed by atoms with E-state index in [1.54, 1.807) is 0 Å². The molecule has 18 heavy (non-hydrogen) atoms. The molecular weight excluding hydrogens is 240 g/mol. The molecule has 0 spiro atoms. The lowest BCUT2D eigenvalue weighted by molar-refractivity contribution is -0.140. The minimum atomic E-state index is -1.16. The van der Waals surface area contributed by atoms with E-state index in [2.05, 4.69) is 0 Å². The fourth-order valence-corrected chi connectivity index (χ4v) is 1.70. The normalized spacial score (nSPS) is 19.0. The van der Waals surface area contributed by atoms with E-state index in [1.165, 1.54) is 0 Å². The van der Waals surface area contributed by atoms with Gasteiger partial charge in [-0.25, -0.2) is 0 Å². The maximum atomic E-state index is 11.2. The first-order chi connectivity index (χ1) is 8.49. The third-order valence-corrected chi connectivity index (χ3v) is 2.59. The molecule has 0 atom stereocenters. The van der Waals surface area contributed by atoms with Gasteiger partial charge in [0.1, 0.15) is 0 Å². The van der Waals surface area contributed by atoms with Crippen molar-refractivity contribution in [2.45, 2.75) is 6.10 Å². The quantitative estimate of drug-likeness (QED) is 0.594. The molecule has 0 radical (unpaired) electrons. The van der Waals surface area contributed by atoms with Crippen LogP contribution in [-0.2, 0) is 19.2 Å². The average Bonchev–Trinajstić information content (AvgIpc) is 2.79. The SMILES string of the molecule is O=C1C=CC(=O)N1CC(O)CN1C(=O)C=CC1=O. The molecule has 0 aromatic carbocycles. The predicted molar refractivity (Wildman–Crippen MR) is 57.7 cm³/mol. The highest BCUT2D eigenvalue weighted by molar-refractivity contribution is 6.13. The number of imide groups is 2. The fourth-order valence-electron chi connectivity index (χ4n) is 1.70. The molecule has 7 heteroatoms. The van der Waals surface area contributed by atoms with Crippen LogP contribution in [0.3, 0.4) is 0 Å². The minimum Gasteiger partial charge on any atom is -0.389 e. The molecule has 2 aliphatic rings. The second-order valence-corrected chi connectivity index (χ2v) is 3.89. The molecule has 0 unspecified atom stereocenters. The zero-order valence-corrected chi connectivity index (χ0v) is 9.28. The molecule has 0 aromatic heterocycles. The number of aliphatic hydroxyl groups is 1. The van der Waals surface area contributed by atoms with Gasteiger partial charge < -0.3 is 5.11 Å². The maximum absolute atomic E-state index is 11.2. The van der Waals surface area contributed by atoms with Crippen molar-refractivity contribution in [3.8, 4) is 0 Å². The number of aliphatic hydroxyl groups excluding tert-OH is 1. The van der Waals surface area contributed by atoms with E-state index in [0.29, 0.717) is 0 Å². The van der Waals surface area contributed by atoms with E-state index in [4.69, 9.17) is 0 Å². The maximum Gasteiger partial charge on any atom is 0.253 e. The summed E-state index contributed by atoms with van der Waals surface area (Å²) in [5.74, 6) is -2.07. The predicted octanol–water partition coefficient (Wildman–Crippen LogP) is -1.80. The van der Waals surface area contributed by atoms with Crippen molar-refractivity contribution in [1.82, 2.24) is 9.80 Å². The number of rotatable bonds is 4. The summed E-state index contributed by atoms with van der Waals surface area (Å²) in [6.07, 6.45) is 3.24. The van der Waals surface area contributed by atoms with E-state index >= 15 is 0 Å². The molecule has 0 saturated heterocycles. The number of hydrogen-bond acceptors (Lipinski definition) is 5. The van der Waals surface area contributed by atoms with Gasteiger partial charge >= 0.3 is 0 Å². The Bertz CT molecular complexity index is 414. The average molecular weight is 250 g/mol. The molecule has 7 nitrogen and oxygen atoms in total. The van der Waals surface area contributed by atoms with Crippen LogP contribution in [0.4, 0.5) is 0 Å². The van der Waals surface area contributed by atoms with Gasteiger partial charge in [0.25, 0.3) is 23.6 Å². The van der Waals surface area contributed by atoms with Gasteiger partial charge in [-0.05, 0) is 0 Å². The summed E-state index contributed by atoms with van der Waals surface area (Å²) < 4.78 is 0. The van der Waals surface area contributed by atoms with Crippen LogP contribution < -0.4 is 0 Å². The molecule has 4 amide bonds. The zero-order chi connectivity index (χ0) is 13.3. The van der Waals surface area contributed by atoms with Gasteiger partial charge in [-0.3, -0.25) is 29.0 Å². The summed E-state index contributed by atoms with van der Waals surface area (Å²) in [6, 6.07) is 0. The topological polar surface area (TPSA) is 95.0 Å². The van der Waals surface area contributed by atoms with Crippen molar-refractivity contribution >= 4 is 23.6 Å². The van der Waals surface area contributed by atoms with Gasteiger partial charge in [-0.2, -0.15) is 0 Å². The summed E-state index contributed by atoms with van der Waals surface area (Å²) in [6.45, 7) is -0.497. The number of hydrogen-bond donors (Lipinski definition) is 1.